The van der Waals surface area contributed by atoms with E-state index in [4.69, 9.17) is 11.0 Å². The highest BCUT2D eigenvalue weighted by molar-refractivity contribution is 5.73. The summed E-state index contributed by atoms with van der Waals surface area (Å²) >= 11 is 0. The van der Waals surface area contributed by atoms with Gasteiger partial charge in [0.1, 0.15) is 0 Å². The Morgan fingerprint density at radius 1 is 1.70 bits per heavy atom. The van der Waals surface area contributed by atoms with Crippen LogP contribution in [0.15, 0.2) is 29.0 Å². The summed E-state index contributed by atoms with van der Waals surface area (Å²) in [6.07, 6.45) is 5.90. The molecule has 0 amide bonds. The van der Waals surface area contributed by atoms with E-state index in [-0.39, 0.29) is 0 Å². The quantitative estimate of drug-likeness (QED) is 0.452. The summed E-state index contributed by atoms with van der Waals surface area (Å²) in [4.78, 5) is 3.72. The molecule has 0 radical (unpaired) electrons. The first-order valence-electron chi connectivity index (χ1n) is 2.78. The zero-order valence-corrected chi connectivity index (χ0v) is 5.78. The zero-order valence-electron chi connectivity index (χ0n) is 5.78. The largest absolute Gasteiger partial charge is 0.403 e. The maximum absolute atomic E-state index is 8.27. The van der Waals surface area contributed by atoms with E-state index >= 15 is 0 Å². The lowest BCUT2D eigenvalue weighted by Crippen LogP contribution is -1.74. The zero-order chi connectivity index (χ0) is 7.82. The van der Waals surface area contributed by atoms with Crippen molar-refractivity contribution in [2.24, 2.45) is 10.7 Å². The van der Waals surface area contributed by atoms with E-state index in [9.17, 15) is 0 Å². The molecule has 0 aromatic rings. The number of hydrogen-bond acceptors (Lipinski definition) is 3. The van der Waals surface area contributed by atoms with Crippen LogP contribution in [0.2, 0.25) is 0 Å². The minimum absolute atomic E-state index is 0.620. The lowest BCUT2D eigenvalue weighted by molar-refractivity contribution is 1.45. The average Bonchev–Trinajstić information content (AvgIpc) is 1.98. The van der Waals surface area contributed by atoms with Gasteiger partial charge in [0.2, 0.25) is 0 Å². The Morgan fingerprint density at radius 2 is 2.40 bits per heavy atom. The van der Waals surface area contributed by atoms with Crippen LogP contribution >= 0.6 is 0 Å². The summed E-state index contributed by atoms with van der Waals surface area (Å²) in [7, 11) is 0. The highest BCUT2D eigenvalue weighted by Gasteiger charge is 1.75. The van der Waals surface area contributed by atoms with Crippen molar-refractivity contribution in [3.63, 3.8) is 0 Å². The first-order valence-corrected chi connectivity index (χ1v) is 2.78. The highest BCUT2D eigenvalue weighted by atomic mass is 14.7. The van der Waals surface area contributed by atoms with Crippen LogP contribution < -0.4 is 5.73 Å². The Bertz CT molecular complexity index is 205. The van der Waals surface area contributed by atoms with Crippen molar-refractivity contribution in [3.05, 3.63) is 24.0 Å². The fourth-order valence-corrected chi connectivity index (χ4v) is 0.291. The average molecular weight is 135 g/mol. The van der Waals surface area contributed by atoms with Crippen LogP contribution in [0, 0.1) is 11.3 Å². The maximum Gasteiger partial charge on any atom is 0.0944 e. The molecule has 10 heavy (non-hydrogen) atoms. The van der Waals surface area contributed by atoms with Crippen LogP contribution in [-0.2, 0) is 0 Å². The van der Waals surface area contributed by atoms with Gasteiger partial charge < -0.3 is 5.73 Å². The number of rotatable bonds is 2. The molecule has 0 aliphatic carbocycles. The molecule has 0 unspecified atom stereocenters. The van der Waals surface area contributed by atoms with Gasteiger partial charge in [-0.25, -0.2) is 0 Å². The molecular formula is C7H9N3. The Kier molecular flexibility index (Phi) is 4.70. The summed E-state index contributed by atoms with van der Waals surface area (Å²) in [5.74, 6) is 0. The first kappa shape index (κ1) is 8.44. The van der Waals surface area contributed by atoms with Crippen LogP contribution in [0.25, 0.3) is 0 Å². The fraction of sp³-hybridized carbons (Fsp3) is 0.143. The molecule has 0 fully saturated rings. The molecule has 0 heterocycles. The van der Waals surface area contributed by atoms with Gasteiger partial charge in [-0.2, -0.15) is 5.26 Å². The molecule has 0 rings (SSSR count). The van der Waals surface area contributed by atoms with Crippen molar-refractivity contribution in [1.82, 2.24) is 0 Å². The molecule has 3 nitrogen and oxygen atoms in total. The normalized spacial score (nSPS) is 12.6. The Balaban J connectivity index is 3.85. The van der Waals surface area contributed by atoms with Gasteiger partial charge in [-0.05, 0) is 13.0 Å². The number of nitrogens with two attached hydrogens (primary N) is 1. The van der Waals surface area contributed by atoms with E-state index in [0.29, 0.717) is 5.57 Å². The van der Waals surface area contributed by atoms with Crippen molar-refractivity contribution in [1.29, 1.82) is 5.26 Å². The van der Waals surface area contributed by atoms with Crippen LogP contribution in [0.5, 0.6) is 0 Å². The maximum atomic E-state index is 8.27. The van der Waals surface area contributed by atoms with Gasteiger partial charge in [0.15, 0.2) is 0 Å². The minimum Gasteiger partial charge on any atom is -0.403 e. The molecule has 0 aromatic heterocycles. The SMILES string of the molecule is C\C(C#N)=C/C=N\C=C/N. The molecule has 0 aliphatic heterocycles. The van der Waals surface area contributed by atoms with E-state index in [1.165, 1.54) is 18.6 Å². The van der Waals surface area contributed by atoms with Crippen LogP contribution in [0.1, 0.15) is 6.92 Å². The molecule has 0 spiro atoms. The van der Waals surface area contributed by atoms with Crippen molar-refractivity contribution in [3.8, 4) is 6.07 Å². The summed E-state index contributed by atoms with van der Waals surface area (Å²) in [5, 5.41) is 8.27. The third kappa shape index (κ3) is 4.60. The number of hydrogen-bond donors (Lipinski definition) is 1. The van der Waals surface area contributed by atoms with Gasteiger partial charge in [0.25, 0.3) is 0 Å². The van der Waals surface area contributed by atoms with E-state index in [1.54, 1.807) is 13.0 Å². The van der Waals surface area contributed by atoms with Gasteiger partial charge in [-0.1, -0.05) is 0 Å². The summed E-state index contributed by atoms with van der Waals surface area (Å²) in [6.45, 7) is 1.71. The molecule has 0 aliphatic rings. The third-order valence-electron chi connectivity index (χ3n) is 0.759. The van der Waals surface area contributed by atoms with Crippen LogP contribution in [0.3, 0.4) is 0 Å². The summed E-state index contributed by atoms with van der Waals surface area (Å²) in [6, 6.07) is 1.96. The minimum atomic E-state index is 0.620. The molecule has 0 bridgehead atoms. The Morgan fingerprint density at radius 3 is 2.90 bits per heavy atom. The number of aliphatic imine (C=N–C) groups is 1. The van der Waals surface area contributed by atoms with Crippen LogP contribution in [-0.4, -0.2) is 6.21 Å². The predicted molar refractivity (Wildman–Crippen MR) is 41.2 cm³/mol. The lowest BCUT2D eigenvalue weighted by Gasteiger charge is -1.76. The van der Waals surface area contributed by atoms with Gasteiger partial charge in [0, 0.05) is 24.2 Å². The second-order valence-electron chi connectivity index (χ2n) is 1.60. The standard InChI is InChI=1S/C7H9N3/c1-7(6-9)2-4-10-5-3-8/h2-5H,8H2,1H3/b5-3-,7-2+,10-4-. The molecule has 0 saturated carbocycles. The van der Waals surface area contributed by atoms with Gasteiger partial charge >= 0.3 is 0 Å². The molecule has 0 atom stereocenters. The number of nitrogens with zero attached hydrogens (tertiary/aromatic N) is 2. The Labute approximate surface area is 60.2 Å². The van der Waals surface area contributed by atoms with E-state index in [2.05, 4.69) is 4.99 Å². The number of allylic oxidation sites excluding steroid dienone is 2. The first-order chi connectivity index (χ1) is 4.81. The topological polar surface area (TPSA) is 62.2 Å². The van der Waals surface area contributed by atoms with Crippen molar-refractivity contribution >= 4 is 6.21 Å². The van der Waals surface area contributed by atoms with Crippen molar-refractivity contribution < 1.29 is 0 Å². The molecule has 3 heteroatoms. The van der Waals surface area contributed by atoms with Gasteiger partial charge in [-0.3, -0.25) is 4.99 Å². The molecule has 0 aromatic carbocycles. The molecular weight excluding hydrogens is 126 g/mol. The number of nitriles is 1. The van der Waals surface area contributed by atoms with Gasteiger partial charge in [-0.15, -0.1) is 0 Å². The molecule has 2 N–H and O–H groups in total. The summed E-state index contributed by atoms with van der Waals surface area (Å²) < 4.78 is 0. The van der Waals surface area contributed by atoms with E-state index in [1.807, 2.05) is 6.07 Å². The molecule has 52 valence electrons. The lowest BCUT2D eigenvalue weighted by atomic mass is 10.3. The smallest absolute Gasteiger partial charge is 0.0944 e. The fourth-order valence-electron chi connectivity index (χ4n) is 0.291. The monoisotopic (exact) mass is 135 g/mol. The summed E-state index contributed by atoms with van der Waals surface area (Å²) in [5.41, 5.74) is 5.62. The predicted octanol–water partition coefficient (Wildman–Crippen LogP) is 0.957. The van der Waals surface area contributed by atoms with Gasteiger partial charge in [0.05, 0.1) is 6.07 Å². The third-order valence-corrected chi connectivity index (χ3v) is 0.759. The highest BCUT2D eigenvalue weighted by Crippen LogP contribution is 1.84. The van der Waals surface area contributed by atoms with Crippen molar-refractivity contribution in [2.45, 2.75) is 6.92 Å². The molecule has 0 saturated heterocycles. The Hall–Kier alpha value is -1.56. The second-order valence-corrected chi connectivity index (χ2v) is 1.60. The van der Waals surface area contributed by atoms with E-state index < -0.39 is 0 Å². The van der Waals surface area contributed by atoms with Crippen molar-refractivity contribution in [2.75, 3.05) is 0 Å². The van der Waals surface area contributed by atoms with Crippen LogP contribution in [0.4, 0.5) is 0 Å². The second kappa shape index (κ2) is 5.57. The van der Waals surface area contributed by atoms with E-state index in [0.717, 1.165) is 0 Å².